The summed E-state index contributed by atoms with van der Waals surface area (Å²) in [5, 5.41) is 5.76. The third-order valence-corrected chi connectivity index (χ3v) is 5.21. The molecule has 0 saturated carbocycles. The van der Waals surface area contributed by atoms with Gasteiger partial charge in [-0.25, -0.2) is 4.79 Å². The zero-order chi connectivity index (χ0) is 20.8. The molecular weight excluding hydrogens is 380 g/mol. The number of rotatable bonds is 8. The van der Waals surface area contributed by atoms with E-state index in [2.05, 4.69) is 10.6 Å². The maximum absolute atomic E-state index is 12.9. The Morgan fingerprint density at radius 1 is 1.11 bits per heavy atom. The van der Waals surface area contributed by atoms with Crippen LogP contribution in [0.5, 0.6) is 0 Å². The van der Waals surface area contributed by atoms with E-state index >= 15 is 0 Å². The third-order valence-electron chi connectivity index (χ3n) is 3.89. The second-order valence-electron chi connectivity index (χ2n) is 6.05. The Kier molecular flexibility index (Phi) is 7.06. The molecule has 1 atom stereocenters. The number of nitrogens with one attached hydrogen (secondary N) is 2. The fourth-order valence-corrected chi connectivity index (χ4v) is 3.79. The molecule has 0 aliphatic heterocycles. The number of hydrogen-bond acceptors (Lipinski definition) is 7. The van der Waals surface area contributed by atoms with Gasteiger partial charge in [-0.05, 0) is 26.3 Å². The van der Waals surface area contributed by atoms with E-state index in [1.165, 1.54) is 13.8 Å². The molecule has 28 heavy (non-hydrogen) atoms. The van der Waals surface area contributed by atoms with Gasteiger partial charge in [-0.2, -0.15) is 0 Å². The Hall–Kier alpha value is -3.00. The van der Waals surface area contributed by atoms with Crippen molar-refractivity contribution in [3.63, 3.8) is 0 Å². The van der Waals surface area contributed by atoms with Crippen molar-refractivity contribution in [1.29, 1.82) is 0 Å². The van der Waals surface area contributed by atoms with Gasteiger partial charge in [0.15, 0.2) is 11.9 Å². The van der Waals surface area contributed by atoms with E-state index < -0.39 is 18.0 Å². The highest BCUT2D eigenvalue weighted by atomic mass is 32.1. The molecule has 1 amide bonds. The number of carbonyl (C=O) groups is 4. The molecule has 7 nitrogen and oxygen atoms in total. The van der Waals surface area contributed by atoms with Crippen molar-refractivity contribution in [2.75, 3.05) is 11.9 Å². The lowest BCUT2D eigenvalue weighted by atomic mass is 10.1. The monoisotopic (exact) mass is 402 g/mol. The van der Waals surface area contributed by atoms with E-state index in [9.17, 15) is 19.2 Å². The van der Waals surface area contributed by atoms with Gasteiger partial charge in [0.25, 0.3) is 0 Å². The van der Waals surface area contributed by atoms with Gasteiger partial charge < -0.3 is 15.4 Å². The van der Waals surface area contributed by atoms with E-state index in [0.29, 0.717) is 21.0 Å². The summed E-state index contributed by atoms with van der Waals surface area (Å²) in [6, 6.07) is 8.46. The molecule has 2 rings (SSSR count). The van der Waals surface area contributed by atoms with Crippen molar-refractivity contribution >= 4 is 39.8 Å². The minimum absolute atomic E-state index is 0.168. The lowest BCUT2D eigenvalue weighted by molar-refractivity contribution is -0.119. The van der Waals surface area contributed by atoms with Crippen molar-refractivity contribution < 1.29 is 23.9 Å². The van der Waals surface area contributed by atoms with Gasteiger partial charge in [-0.3, -0.25) is 14.4 Å². The number of esters is 1. The lowest BCUT2D eigenvalue weighted by Gasteiger charge is -2.19. The summed E-state index contributed by atoms with van der Waals surface area (Å²) in [7, 11) is 0. The number of benzene rings is 1. The number of carbonyl (C=O) groups excluding carboxylic acids is 4. The molecule has 0 radical (unpaired) electrons. The average Bonchev–Trinajstić information content (AvgIpc) is 2.97. The Balaban J connectivity index is 2.47. The number of anilines is 1. The van der Waals surface area contributed by atoms with Crippen LogP contribution < -0.4 is 10.6 Å². The van der Waals surface area contributed by atoms with Crippen molar-refractivity contribution in [3.8, 4) is 0 Å². The zero-order valence-electron chi connectivity index (χ0n) is 16.1. The molecule has 0 unspecified atom stereocenters. The van der Waals surface area contributed by atoms with E-state index in [1.807, 2.05) is 0 Å². The molecule has 0 bridgehead atoms. The summed E-state index contributed by atoms with van der Waals surface area (Å²) >= 11 is 1.05. The Bertz CT molecular complexity index is 905. The number of amides is 1. The predicted molar refractivity (Wildman–Crippen MR) is 107 cm³/mol. The first-order valence-corrected chi connectivity index (χ1v) is 9.52. The first-order chi connectivity index (χ1) is 13.3. The SMILES string of the molecule is CCOC(=O)c1c(N[C@H](NC(C)=O)C(=O)c2ccccc2)sc(C(C)=O)c1C. The molecule has 148 valence electrons. The van der Waals surface area contributed by atoms with Gasteiger partial charge in [0.05, 0.1) is 17.0 Å². The van der Waals surface area contributed by atoms with Crippen LogP contribution in [-0.2, 0) is 9.53 Å². The Morgan fingerprint density at radius 2 is 1.75 bits per heavy atom. The van der Waals surface area contributed by atoms with Crippen LogP contribution in [0.4, 0.5) is 5.00 Å². The van der Waals surface area contributed by atoms with Gasteiger partial charge in [-0.15, -0.1) is 11.3 Å². The van der Waals surface area contributed by atoms with Crippen molar-refractivity contribution in [1.82, 2.24) is 5.32 Å². The summed E-state index contributed by atoms with van der Waals surface area (Å²) in [5.41, 5.74) is 1.06. The Morgan fingerprint density at radius 3 is 2.29 bits per heavy atom. The van der Waals surface area contributed by atoms with Crippen molar-refractivity contribution in [2.45, 2.75) is 33.9 Å². The molecule has 1 aromatic carbocycles. The quantitative estimate of drug-likeness (QED) is 0.399. The van der Waals surface area contributed by atoms with Crippen LogP contribution in [-0.4, -0.2) is 36.2 Å². The van der Waals surface area contributed by atoms with E-state index in [0.717, 1.165) is 11.3 Å². The smallest absolute Gasteiger partial charge is 0.341 e. The molecule has 0 spiro atoms. The molecule has 2 aromatic rings. The predicted octanol–water partition coefficient (Wildman–Crippen LogP) is 3.19. The van der Waals surface area contributed by atoms with Crippen LogP contribution >= 0.6 is 11.3 Å². The molecule has 0 saturated heterocycles. The fraction of sp³-hybridized carbons (Fsp3) is 0.300. The summed E-state index contributed by atoms with van der Waals surface area (Å²) in [6.45, 7) is 6.19. The van der Waals surface area contributed by atoms with E-state index in [1.54, 1.807) is 44.2 Å². The van der Waals surface area contributed by atoms with Gasteiger partial charge in [0, 0.05) is 12.5 Å². The molecule has 0 fully saturated rings. The minimum atomic E-state index is -1.11. The van der Waals surface area contributed by atoms with Crippen LogP contribution in [0, 0.1) is 6.92 Å². The normalized spacial score (nSPS) is 11.4. The molecule has 8 heteroatoms. The first kappa shape index (κ1) is 21.3. The summed E-state index contributed by atoms with van der Waals surface area (Å²) in [6.07, 6.45) is -1.11. The average molecular weight is 402 g/mol. The lowest BCUT2D eigenvalue weighted by Crippen LogP contribution is -2.45. The van der Waals surface area contributed by atoms with Gasteiger partial charge >= 0.3 is 5.97 Å². The molecule has 1 aromatic heterocycles. The maximum Gasteiger partial charge on any atom is 0.341 e. The summed E-state index contributed by atoms with van der Waals surface area (Å²) in [4.78, 5) is 49.2. The number of ether oxygens (including phenoxy) is 1. The second kappa shape index (κ2) is 9.27. The number of Topliss-reactive ketones (excluding diaryl/α,β-unsaturated/α-hetero) is 2. The van der Waals surface area contributed by atoms with E-state index in [-0.39, 0.29) is 23.7 Å². The number of thiophene rings is 1. The highest BCUT2D eigenvalue weighted by Crippen LogP contribution is 2.34. The standard InChI is InChI=1S/C20H22N2O5S/c1-5-27-20(26)15-11(2)17(12(3)23)28-19(15)22-18(21-13(4)24)16(25)14-9-7-6-8-10-14/h6-10,18,22H,5H2,1-4H3,(H,21,24)/t18-/m0/s1. The van der Waals surface area contributed by atoms with Gasteiger partial charge in [0.1, 0.15) is 5.00 Å². The maximum atomic E-state index is 12.9. The molecule has 0 aliphatic rings. The third kappa shape index (κ3) is 4.83. The number of hydrogen-bond donors (Lipinski definition) is 2. The number of ketones is 2. The highest BCUT2D eigenvalue weighted by molar-refractivity contribution is 7.18. The summed E-state index contributed by atoms with van der Waals surface area (Å²) < 4.78 is 5.09. The highest BCUT2D eigenvalue weighted by Gasteiger charge is 2.28. The zero-order valence-corrected chi connectivity index (χ0v) is 16.9. The van der Waals surface area contributed by atoms with Crippen LogP contribution in [0.25, 0.3) is 0 Å². The molecule has 1 heterocycles. The van der Waals surface area contributed by atoms with Gasteiger partial charge in [-0.1, -0.05) is 30.3 Å². The largest absolute Gasteiger partial charge is 0.462 e. The minimum Gasteiger partial charge on any atom is -0.462 e. The van der Waals surface area contributed by atoms with Crippen LogP contribution in [0.1, 0.15) is 56.7 Å². The topological polar surface area (TPSA) is 102 Å². The first-order valence-electron chi connectivity index (χ1n) is 8.70. The Labute approximate surface area is 167 Å². The van der Waals surface area contributed by atoms with E-state index in [4.69, 9.17) is 4.74 Å². The van der Waals surface area contributed by atoms with Crippen molar-refractivity contribution in [2.24, 2.45) is 0 Å². The fourth-order valence-electron chi connectivity index (χ4n) is 2.67. The molecule has 2 N–H and O–H groups in total. The second-order valence-corrected chi connectivity index (χ2v) is 7.07. The summed E-state index contributed by atoms with van der Waals surface area (Å²) in [5.74, 6) is -1.59. The van der Waals surface area contributed by atoms with Gasteiger partial charge in [0.2, 0.25) is 11.7 Å². The van der Waals surface area contributed by atoms with Crippen molar-refractivity contribution in [3.05, 3.63) is 51.9 Å². The molecular formula is C20H22N2O5S. The van der Waals surface area contributed by atoms with Crippen LogP contribution in [0.15, 0.2) is 30.3 Å². The molecule has 0 aliphatic carbocycles. The van der Waals surface area contributed by atoms with Crippen LogP contribution in [0.3, 0.4) is 0 Å². The van der Waals surface area contributed by atoms with Crippen LogP contribution in [0.2, 0.25) is 0 Å².